The first-order chi connectivity index (χ1) is 13.0. The Morgan fingerprint density at radius 3 is 2.67 bits per heavy atom. The van der Waals surface area contributed by atoms with Crippen LogP contribution in [0.5, 0.6) is 11.5 Å². The van der Waals surface area contributed by atoms with E-state index in [4.69, 9.17) is 9.47 Å². The average molecular weight is 434 g/mol. The zero-order valence-electron chi connectivity index (χ0n) is 14.5. The Morgan fingerprint density at radius 2 is 2.00 bits per heavy atom. The van der Waals surface area contributed by atoms with Gasteiger partial charge in [-0.2, -0.15) is 0 Å². The first kappa shape index (κ1) is 18.9. The van der Waals surface area contributed by atoms with Crippen LogP contribution < -0.4 is 14.8 Å². The number of imidazole rings is 1. The van der Waals surface area contributed by atoms with Crippen molar-refractivity contribution in [3.63, 3.8) is 0 Å². The summed E-state index contributed by atoms with van der Waals surface area (Å²) >= 11 is 3.16. The standard InChI is InChI=1S/C19H17BrFN3O3/c1-24-9-8-22-18(24)11-26-15-5-3-14(4-6-15)23-19(25)12-27-17-7-2-13(20)10-16(17)21/h2-10H,11-12H2,1H3,(H,23,25). The molecule has 3 rings (SSSR count). The van der Waals surface area contributed by atoms with E-state index < -0.39 is 5.82 Å². The molecule has 0 atom stereocenters. The first-order valence-electron chi connectivity index (χ1n) is 8.08. The number of ether oxygens (including phenoxy) is 2. The van der Waals surface area contributed by atoms with Crippen molar-refractivity contribution in [3.8, 4) is 11.5 Å². The fourth-order valence-corrected chi connectivity index (χ4v) is 2.58. The molecule has 27 heavy (non-hydrogen) atoms. The first-order valence-corrected chi connectivity index (χ1v) is 8.87. The van der Waals surface area contributed by atoms with E-state index in [2.05, 4.69) is 26.2 Å². The van der Waals surface area contributed by atoms with Crippen LogP contribution in [0.3, 0.4) is 0 Å². The van der Waals surface area contributed by atoms with Gasteiger partial charge in [0.25, 0.3) is 5.91 Å². The highest BCUT2D eigenvalue weighted by Gasteiger charge is 2.08. The molecule has 6 nitrogen and oxygen atoms in total. The number of aryl methyl sites for hydroxylation is 1. The molecule has 0 spiro atoms. The number of benzene rings is 2. The molecular formula is C19H17BrFN3O3. The number of carbonyl (C=O) groups is 1. The Labute approximate surface area is 164 Å². The van der Waals surface area contributed by atoms with Gasteiger partial charge in [-0.25, -0.2) is 9.37 Å². The smallest absolute Gasteiger partial charge is 0.262 e. The summed E-state index contributed by atoms with van der Waals surface area (Å²) in [5.41, 5.74) is 0.587. The van der Waals surface area contributed by atoms with Crippen LogP contribution in [0.4, 0.5) is 10.1 Å². The number of halogens is 2. The van der Waals surface area contributed by atoms with E-state index in [-0.39, 0.29) is 18.3 Å². The minimum Gasteiger partial charge on any atom is -0.486 e. The maximum absolute atomic E-state index is 13.7. The average Bonchev–Trinajstić information content (AvgIpc) is 3.05. The predicted octanol–water partition coefficient (Wildman–Crippen LogP) is 3.92. The largest absolute Gasteiger partial charge is 0.486 e. The van der Waals surface area contributed by atoms with Crippen molar-refractivity contribution >= 4 is 27.5 Å². The number of hydrogen-bond acceptors (Lipinski definition) is 4. The van der Waals surface area contributed by atoms with Crippen LogP contribution in [0.25, 0.3) is 0 Å². The zero-order chi connectivity index (χ0) is 19.2. The SMILES string of the molecule is Cn1ccnc1COc1ccc(NC(=O)COc2ccc(Br)cc2F)cc1. The third kappa shape index (κ3) is 5.30. The van der Waals surface area contributed by atoms with E-state index in [0.29, 0.717) is 22.5 Å². The fourth-order valence-electron chi connectivity index (χ4n) is 2.25. The molecule has 0 aliphatic heterocycles. The highest BCUT2D eigenvalue weighted by molar-refractivity contribution is 9.10. The number of amides is 1. The van der Waals surface area contributed by atoms with Gasteiger partial charge in [-0.15, -0.1) is 0 Å². The van der Waals surface area contributed by atoms with Gasteiger partial charge in [-0.05, 0) is 42.5 Å². The Hall–Kier alpha value is -2.87. The van der Waals surface area contributed by atoms with Crippen LogP contribution in [0.15, 0.2) is 59.3 Å². The highest BCUT2D eigenvalue weighted by atomic mass is 79.9. The summed E-state index contributed by atoms with van der Waals surface area (Å²) < 4.78 is 27.0. The number of nitrogens with zero attached hydrogens (tertiary/aromatic N) is 2. The summed E-state index contributed by atoms with van der Waals surface area (Å²) in [6.45, 7) is 0.0533. The van der Waals surface area contributed by atoms with E-state index >= 15 is 0 Å². The summed E-state index contributed by atoms with van der Waals surface area (Å²) in [6, 6.07) is 11.3. The quantitative estimate of drug-likeness (QED) is 0.613. The van der Waals surface area contributed by atoms with E-state index in [1.165, 1.54) is 12.1 Å². The molecule has 1 aromatic heterocycles. The molecule has 8 heteroatoms. The van der Waals surface area contributed by atoms with Crippen molar-refractivity contribution in [1.29, 1.82) is 0 Å². The Morgan fingerprint density at radius 1 is 1.22 bits per heavy atom. The van der Waals surface area contributed by atoms with E-state index in [1.54, 1.807) is 36.5 Å². The summed E-state index contributed by atoms with van der Waals surface area (Å²) in [5.74, 6) is 0.561. The Bertz CT molecular complexity index is 928. The van der Waals surface area contributed by atoms with E-state index in [0.717, 1.165) is 5.82 Å². The van der Waals surface area contributed by atoms with Gasteiger partial charge in [-0.1, -0.05) is 15.9 Å². The van der Waals surface area contributed by atoms with Gasteiger partial charge in [0, 0.05) is 29.6 Å². The van der Waals surface area contributed by atoms with Crippen LogP contribution in [0, 0.1) is 5.82 Å². The van der Waals surface area contributed by atoms with Crippen LogP contribution in [0.1, 0.15) is 5.82 Å². The molecule has 0 saturated carbocycles. The monoisotopic (exact) mass is 433 g/mol. The van der Waals surface area contributed by atoms with Gasteiger partial charge in [-0.3, -0.25) is 4.79 Å². The van der Waals surface area contributed by atoms with Crippen LogP contribution in [-0.2, 0) is 18.4 Å². The minimum atomic E-state index is -0.536. The third-order valence-corrected chi connectivity index (χ3v) is 4.17. The number of carbonyl (C=O) groups excluding carboxylic acids is 1. The number of rotatable bonds is 7. The Kier molecular flexibility index (Phi) is 6.08. The van der Waals surface area contributed by atoms with Crippen molar-refractivity contribution in [2.45, 2.75) is 6.61 Å². The molecule has 0 aliphatic rings. The van der Waals surface area contributed by atoms with E-state index in [9.17, 15) is 9.18 Å². The second-order valence-electron chi connectivity index (χ2n) is 5.68. The van der Waals surface area contributed by atoms with Gasteiger partial charge in [0.05, 0.1) is 0 Å². The van der Waals surface area contributed by atoms with Crippen molar-refractivity contribution in [3.05, 3.63) is 71.0 Å². The molecule has 0 unspecified atom stereocenters. The second-order valence-corrected chi connectivity index (χ2v) is 6.59. The molecule has 1 heterocycles. The van der Waals surface area contributed by atoms with Gasteiger partial charge in [0.2, 0.25) is 0 Å². The Balaban J connectivity index is 1.48. The summed E-state index contributed by atoms with van der Waals surface area (Å²) in [4.78, 5) is 16.1. The van der Waals surface area contributed by atoms with Crippen LogP contribution in [-0.4, -0.2) is 22.1 Å². The second kappa shape index (κ2) is 8.68. The number of hydrogen-bond donors (Lipinski definition) is 1. The lowest BCUT2D eigenvalue weighted by molar-refractivity contribution is -0.118. The van der Waals surface area contributed by atoms with Crippen LogP contribution in [0.2, 0.25) is 0 Å². The van der Waals surface area contributed by atoms with Gasteiger partial charge in [0.15, 0.2) is 18.2 Å². The lowest BCUT2D eigenvalue weighted by atomic mass is 10.3. The molecule has 0 aliphatic carbocycles. The summed E-state index contributed by atoms with van der Waals surface area (Å²) in [7, 11) is 1.90. The molecule has 2 aromatic carbocycles. The fraction of sp³-hybridized carbons (Fsp3) is 0.158. The van der Waals surface area contributed by atoms with Crippen LogP contribution >= 0.6 is 15.9 Å². The molecule has 0 radical (unpaired) electrons. The maximum atomic E-state index is 13.7. The topological polar surface area (TPSA) is 65.4 Å². The molecule has 0 fully saturated rings. The lowest BCUT2D eigenvalue weighted by Crippen LogP contribution is -2.20. The molecule has 1 amide bonds. The molecule has 3 aromatic rings. The zero-order valence-corrected chi connectivity index (χ0v) is 16.1. The molecular weight excluding hydrogens is 417 g/mol. The normalized spacial score (nSPS) is 10.5. The number of nitrogens with one attached hydrogen (secondary N) is 1. The van der Waals surface area contributed by atoms with Gasteiger partial charge in [0.1, 0.15) is 18.2 Å². The summed E-state index contributed by atoms with van der Waals surface area (Å²) in [6.07, 6.45) is 3.55. The lowest BCUT2D eigenvalue weighted by Gasteiger charge is -2.10. The molecule has 0 saturated heterocycles. The molecule has 1 N–H and O–H groups in total. The van der Waals surface area contributed by atoms with Crippen molar-refractivity contribution in [2.24, 2.45) is 7.05 Å². The predicted molar refractivity (Wildman–Crippen MR) is 102 cm³/mol. The minimum absolute atomic E-state index is 0.0198. The van der Waals surface area contributed by atoms with E-state index in [1.807, 2.05) is 17.8 Å². The maximum Gasteiger partial charge on any atom is 0.262 e. The molecule has 0 bridgehead atoms. The van der Waals surface area contributed by atoms with Gasteiger partial charge >= 0.3 is 0 Å². The number of anilines is 1. The third-order valence-electron chi connectivity index (χ3n) is 3.68. The highest BCUT2D eigenvalue weighted by Crippen LogP contribution is 2.21. The van der Waals surface area contributed by atoms with Crippen molar-refractivity contribution < 1.29 is 18.7 Å². The molecule has 140 valence electrons. The van der Waals surface area contributed by atoms with Gasteiger partial charge < -0.3 is 19.4 Å². The van der Waals surface area contributed by atoms with Crippen molar-refractivity contribution in [1.82, 2.24) is 9.55 Å². The van der Waals surface area contributed by atoms with Crippen molar-refractivity contribution in [2.75, 3.05) is 11.9 Å². The summed E-state index contributed by atoms with van der Waals surface area (Å²) in [5, 5.41) is 2.68. The number of aromatic nitrogens is 2.